The maximum atomic E-state index is 12.6. The summed E-state index contributed by atoms with van der Waals surface area (Å²) in [4.78, 5) is 34.8. The lowest BCUT2D eigenvalue weighted by Gasteiger charge is -2.14. The van der Waals surface area contributed by atoms with Crippen LogP contribution in [0.3, 0.4) is 0 Å². The van der Waals surface area contributed by atoms with E-state index in [2.05, 4.69) is 61.7 Å². The van der Waals surface area contributed by atoms with Crippen LogP contribution in [0.4, 0.5) is 0 Å². The van der Waals surface area contributed by atoms with Crippen LogP contribution in [0.1, 0.15) is 168 Å². The number of aliphatic carboxylic acids is 1. The molecule has 0 fully saturated rings. The van der Waals surface area contributed by atoms with Gasteiger partial charge in [0.05, 0.1) is 0 Å². The van der Waals surface area contributed by atoms with Gasteiger partial charge >= 0.3 is 11.9 Å². The third kappa shape index (κ3) is 34.1. The lowest BCUT2D eigenvalue weighted by atomic mass is 10.0. The molecule has 0 bridgehead atoms. The second-order valence-electron chi connectivity index (χ2n) is 12.1. The largest absolute Gasteiger partial charge is 0.480 e. The smallest absolute Gasteiger partial charge is 0.322 e. The van der Waals surface area contributed by atoms with Gasteiger partial charge in [0.2, 0.25) is 5.91 Å². The predicted molar refractivity (Wildman–Crippen MR) is 189 cm³/mol. The van der Waals surface area contributed by atoms with Gasteiger partial charge in [-0.05, 0) is 57.4 Å². The number of nitrogens with one attached hydrogen (secondary N) is 1. The fraction of sp³-hybridized carbons (Fsp3) is 0.718. The molecule has 0 aromatic rings. The summed E-state index contributed by atoms with van der Waals surface area (Å²) in [6.07, 6.45) is 42.4. The van der Waals surface area contributed by atoms with Crippen molar-refractivity contribution in [1.82, 2.24) is 5.32 Å². The van der Waals surface area contributed by atoms with Crippen molar-refractivity contribution in [3.8, 4) is 0 Å². The lowest BCUT2D eigenvalue weighted by molar-refractivity contribution is -0.147. The number of ether oxygens (including phenoxy) is 1. The van der Waals surface area contributed by atoms with Crippen molar-refractivity contribution in [1.29, 1.82) is 0 Å². The van der Waals surface area contributed by atoms with Crippen LogP contribution in [0.5, 0.6) is 0 Å². The molecule has 0 rings (SSSR count). The van der Waals surface area contributed by atoms with Crippen LogP contribution >= 0.6 is 0 Å². The molecule has 0 saturated carbocycles. The first-order valence-electron chi connectivity index (χ1n) is 18.3. The predicted octanol–water partition coefficient (Wildman–Crippen LogP) is 10.7. The minimum atomic E-state index is -1.03. The molecule has 6 nitrogen and oxygen atoms in total. The molecule has 0 aliphatic heterocycles. The van der Waals surface area contributed by atoms with Gasteiger partial charge in [0.25, 0.3) is 0 Å². The van der Waals surface area contributed by atoms with E-state index in [1.165, 1.54) is 64.2 Å². The first kappa shape index (κ1) is 42.4. The van der Waals surface area contributed by atoms with Crippen molar-refractivity contribution in [3.63, 3.8) is 0 Å². The molecule has 258 valence electrons. The van der Waals surface area contributed by atoms with Gasteiger partial charge in [-0.25, -0.2) is 0 Å². The molecule has 0 heterocycles. The molecule has 0 radical (unpaired) electrons. The Bertz CT molecular complexity index is 829. The van der Waals surface area contributed by atoms with E-state index >= 15 is 0 Å². The van der Waals surface area contributed by atoms with Gasteiger partial charge in [0, 0.05) is 12.8 Å². The second-order valence-corrected chi connectivity index (χ2v) is 12.1. The number of hydrogen-bond acceptors (Lipinski definition) is 4. The molecule has 0 aromatic carbocycles. The SMILES string of the molecule is CC/C=C\C/C=C\C/C=C\C/C=C\C(CCCCCCCC(=O)NCC(=O)O)OC(=O)CCCCCCCCCCCCCC. The Hall–Kier alpha value is -2.63. The van der Waals surface area contributed by atoms with Crippen molar-refractivity contribution in [2.45, 2.75) is 174 Å². The van der Waals surface area contributed by atoms with Gasteiger partial charge < -0.3 is 15.2 Å². The summed E-state index contributed by atoms with van der Waals surface area (Å²) in [5.41, 5.74) is 0. The summed E-state index contributed by atoms with van der Waals surface area (Å²) in [5.74, 6) is -1.33. The average Bonchev–Trinajstić information content (AvgIpc) is 3.02. The van der Waals surface area contributed by atoms with E-state index in [-0.39, 0.29) is 24.5 Å². The summed E-state index contributed by atoms with van der Waals surface area (Å²) in [5, 5.41) is 11.0. The monoisotopic (exact) mass is 630 g/mol. The van der Waals surface area contributed by atoms with Gasteiger partial charge in [0.15, 0.2) is 0 Å². The van der Waals surface area contributed by atoms with Crippen molar-refractivity contribution in [3.05, 3.63) is 48.6 Å². The average molecular weight is 630 g/mol. The topological polar surface area (TPSA) is 92.7 Å². The third-order valence-corrected chi connectivity index (χ3v) is 7.75. The van der Waals surface area contributed by atoms with E-state index in [1.54, 1.807) is 0 Å². The quantitative estimate of drug-likeness (QED) is 0.0439. The molecule has 6 heteroatoms. The van der Waals surface area contributed by atoms with Crippen LogP contribution in [0.25, 0.3) is 0 Å². The Morgan fingerprint density at radius 3 is 1.60 bits per heavy atom. The normalized spacial score (nSPS) is 12.6. The first-order valence-corrected chi connectivity index (χ1v) is 18.3. The van der Waals surface area contributed by atoms with Crippen molar-refractivity contribution in [2.24, 2.45) is 0 Å². The fourth-order valence-electron chi connectivity index (χ4n) is 5.07. The molecule has 0 aliphatic carbocycles. The Kier molecular flexibility index (Phi) is 32.2. The Morgan fingerprint density at radius 1 is 0.600 bits per heavy atom. The van der Waals surface area contributed by atoms with Crippen LogP contribution in [0, 0.1) is 0 Å². The number of unbranched alkanes of at least 4 members (excludes halogenated alkanes) is 15. The summed E-state index contributed by atoms with van der Waals surface area (Å²) in [6.45, 7) is 4.08. The highest BCUT2D eigenvalue weighted by molar-refractivity contribution is 5.80. The molecular weight excluding hydrogens is 562 g/mol. The second kappa shape index (κ2) is 34.2. The van der Waals surface area contributed by atoms with Crippen molar-refractivity contribution < 1.29 is 24.2 Å². The molecule has 1 amide bonds. The fourth-order valence-corrected chi connectivity index (χ4v) is 5.07. The molecule has 45 heavy (non-hydrogen) atoms. The number of carbonyl (C=O) groups is 3. The van der Waals surface area contributed by atoms with Gasteiger partial charge in [-0.15, -0.1) is 0 Å². The minimum Gasteiger partial charge on any atom is -0.480 e. The standard InChI is InChI=1S/C39H67NO5/c1-3-5-7-9-11-13-15-17-19-21-26-30-34-39(44)45-36(31-27-23-20-18-16-14-12-10-8-6-4-2)32-28-24-22-25-29-33-37(41)40-35-38(42)43/h6,8,12,14,18,20,27,31,36H,3-5,7,9-11,13,15-17,19,21-26,28-30,32-35H2,1-2H3,(H,40,41)(H,42,43)/b8-6-,14-12-,20-18-,31-27-. The number of carboxylic acids is 1. The van der Waals surface area contributed by atoms with Gasteiger partial charge in [-0.3, -0.25) is 14.4 Å². The number of allylic oxidation sites excluding steroid dienone is 7. The highest BCUT2D eigenvalue weighted by Gasteiger charge is 2.11. The molecule has 2 N–H and O–H groups in total. The van der Waals surface area contributed by atoms with E-state index in [0.717, 1.165) is 77.0 Å². The zero-order chi connectivity index (χ0) is 33.1. The number of rotatable bonds is 32. The zero-order valence-corrected chi connectivity index (χ0v) is 29.0. The van der Waals surface area contributed by atoms with Crippen molar-refractivity contribution >= 4 is 17.8 Å². The molecule has 1 unspecified atom stereocenters. The Morgan fingerprint density at radius 2 is 1.07 bits per heavy atom. The van der Waals surface area contributed by atoms with Gasteiger partial charge in [-0.2, -0.15) is 0 Å². The number of hydrogen-bond donors (Lipinski definition) is 2. The lowest BCUT2D eigenvalue weighted by Crippen LogP contribution is -2.28. The van der Waals surface area contributed by atoms with Crippen molar-refractivity contribution in [2.75, 3.05) is 6.54 Å². The molecule has 0 aromatic heterocycles. The maximum absolute atomic E-state index is 12.6. The molecule has 1 atom stereocenters. The summed E-state index contributed by atoms with van der Waals surface area (Å²) in [6, 6.07) is 0. The number of esters is 1. The van der Waals surface area contributed by atoms with E-state index in [1.807, 2.05) is 6.08 Å². The summed E-state index contributed by atoms with van der Waals surface area (Å²) in [7, 11) is 0. The zero-order valence-electron chi connectivity index (χ0n) is 29.0. The van der Waals surface area contributed by atoms with Gasteiger partial charge in [-0.1, -0.05) is 146 Å². The minimum absolute atomic E-state index is 0.0955. The van der Waals surface area contributed by atoms with Crippen LogP contribution < -0.4 is 5.32 Å². The Labute approximate surface area is 276 Å². The first-order chi connectivity index (χ1) is 22.0. The molecule has 0 aliphatic rings. The van der Waals surface area contributed by atoms with Gasteiger partial charge in [0.1, 0.15) is 12.6 Å². The van der Waals surface area contributed by atoms with Crippen LogP contribution in [0.15, 0.2) is 48.6 Å². The highest BCUT2D eigenvalue weighted by atomic mass is 16.5. The Balaban J connectivity index is 4.34. The summed E-state index contributed by atoms with van der Waals surface area (Å²) >= 11 is 0. The highest BCUT2D eigenvalue weighted by Crippen LogP contribution is 2.15. The number of amides is 1. The number of carboxylic acid groups (broad SMARTS) is 1. The van der Waals surface area contributed by atoms with Crippen LogP contribution in [-0.4, -0.2) is 35.6 Å². The van der Waals surface area contributed by atoms with Crippen LogP contribution in [-0.2, 0) is 19.1 Å². The van der Waals surface area contributed by atoms with E-state index in [0.29, 0.717) is 12.8 Å². The summed E-state index contributed by atoms with van der Waals surface area (Å²) < 4.78 is 5.88. The molecule has 0 saturated heterocycles. The molecule has 0 spiro atoms. The third-order valence-electron chi connectivity index (χ3n) is 7.75. The van der Waals surface area contributed by atoms with E-state index in [4.69, 9.17) is 9.84 Å². The van der Waals surface area contributed by atoms with Crippen LogP contribution in [0.2, 0.25) is 0 Å². The van der Waals surface area contributed by atoms with E-state index in [9.17, 15) is 14.4 Å². The van der Waals surface area contributed by atoms with E-state index < -0.39 is 5.97 Å². The number of carbonyl (C=O) groups excluding carboxylic acids is 2. The maximum Gasteiger partial charge on any atom is 0.322 e. The molecular formula is C39H67NO5.